The molecule has 0 saturated carbocycles. The third-order valence-electron chi connectivity index (χ3n) is 2.19. The van der Waals surface area contributed by atoms with Crippen LogP contribution in [0.25, 0.3) is 0 Å². The second-order valence-corrected chi connectivity index (χ2v) is 3.98. The van der Waals surface area contributed by atoms with Crippen LogP contribution in [-0.4, -0.2) is 35.3 Å². The number of fused-ring (bicyclic) bond motifs is 1. The average Bonchev–Trinajstić information content (AvgIpc) is 2.14. The van der Waals surface area contributed by atoms with E-state index in [2.05, 4.69) is 4.74 Å². The fourth-order valence-corrected chi connectivity index (χ4v) is 2.50. The van der Waals surface area contributed by atoms with Gasteiger partial charge in [0.1, 0.15) is 6.04 Å². The van der Waals surface area contributed by atoms with Crippen molar-refractivity contribution in [2.75, 3.05) is 7.11 Å². The van der Waals surface area contributed by atoms with E-state index in [1.54, 1.807) is 22.7 Å². The molecule has 70 valence electrons. The first-order valence-corrected chi connectivity index (χ1v) is 4.89. The highest BCUT2D eigenvalue weighted by Gasteiger charge is 2.45. The van der Waals surface area contributed by atoms with E-state index in [4.69, 9.17) is 0 Å². The number of ether oxygens (including phenoxy) is 1. The van der Waals surface area contributed by atoms with Crippen LogP contribution >= 0.6 is 11.8 Å². The zero-order chi connectivity index (χ0) is 9.42. The van der Waals surface area contributed by atoms with Crippen molar-refractivity contribution in [3.63, 3.8) is 0 Å². The molecule has 1 amide bonds. The molecule has 2 rings (SSSR count). The van der Waals surface area contributed by atoms with Crippen LogP contribution in [-0.2, 0) is 14.3 Å². The summed E-state index contributed by atoms with van der Waals surface area (Å²) in [7, 11) is 1.33. The zero-order valence-corrected chi connectivity index (χ0v) is 7.91. The van der Waals surface area contributed by atoms with Crippen molar-refractivity contribution in [3.05, 3.63) is 11.5 Å². The van der Waals surface area contributed by atoms with Gasteiger partial charge in [-0.2, -0.15) is 0 Å². The van der Waals surface area contributed by atoms with Crippen LogP contribution in [0, 0.1) is 0 Å². The van der Waals surface area contributed by atoms with Crippen molar-refractivity contribution in [1.29, 1.82) is 0 Å². The number of hydrogen-bond acceptors (Lipinski definition) is 4. The Bertz CT molecular complexity index is 289. The van der Waals surface area contributed by atoms with Gasteiger partial charge in [-0.25, -0.2) is 4.79 Å². The van der Waals surface area contributed by atoms with E-state index >= 15 is 0 Å². The molecule has 5 heteroatoms. The minimum absolute atomic E-state index is 0.0252. The molecule has 0 bridgehead atoms. The third-order valence-corrected chi connectivity index (χ3v) is 3.21. The minimum atomic E-state index is -0.502. The van der Waals surface area contributed by atoms with Crippen LogP contribution in [0.2, 0.25) is 0 Å². The molecule has 0 N–H and O–H groups in total. The summed E-state index contributed by atoms with van der Waals surface area (Å²) in [5.41, 5.74) is 0. The number of β-lactam (4-membered cyclic amide) rings is 1. The van der Waals surface area contributed by atoms with Gasteiger partial charge in [-0.05, 0) is 11.5 Å². The molecular weight excluding hydrogens is 190 g/mol. The van der Waals surface area contributed by atoms with Crippen LogP contribution < -0.4 is 0 Å². The van der Waals surface area contributed by atoms with Crippen LogP contribution in [0.15, 0.2) is 11.5 Å². The molecule has 2 atom stereocenters. The molecule has 13 heavy (non-hydrogen) atoms. The molecule has 0 aromatic rings. The van der Waals surface area contributed by atoms with Crippen molar-refractivity contribution < 1.29 is 14.3 Å². The normalized spacial score (nSPS) is 30.8. The molecular formula is C8H9NO3S. The minimum Gasteiger partial charge on any atom is -0.467 e. The van der Waals surface area contributed by atoms with Gasteiger partial charge in [0.25, 0.3) is 0 Å². The SMILES string of the molecule is COC(=O)C1C=CS[C@@H]2CC(=O)N12. The Morgan fingerprint density at radius 1 is 1.77 bits per heavy atom. The molecule has 1 saturated heterocycles. The molecule has 2 aliphatic heterocycles. The second-order valence-electron chi connectivity index (χ2n) is 2.89. The summed E-state index contributed by atoms with van der Waals surface area (Å²) < 4.78 is 4.60. The lowest BCUT2D eigenvalue weighted by atomic mass is 10.1. The summed E-state index contributed by atoms with van der Waals surface area (Å²) in [6.45, 7) is 0. The number of carbonyl (C=O) groups excluding carboxylic acids is 2. The highest BCUT2D eigenvalue weighted by Crippen LogP contribution is 2.36. The Labute approximate surface area is 79.9 Å². The molecule has 0 radical (unpaired) electrons. The van der Waals surface area contributed by atoms with Crippen LogP contribution in [0.4, 0.5) is 0 Å². The first-order chi connectivity index (χ1) is 6.24. The van der Waals surface area contributed by atoms with Crippen LogP contribution in [0.5, 0.6) is 0 Å². The lowest BCUT2D eigenvalue weighted by Crippen LogP contribution is -2.59. The Balaban J connectivity index is 2.17. The summed E-state index contributed by atoms with van der Waals surface area (Å²) in [5.74, 6) is -0.341. The van der Waals surface area contributed by atoms with Gasteiger partial charge in [-0.15, -0.1) is 11.8 Å². The van der Waals surface area contributed by atoms with Gasteiger partial charge in [-0.1, -0.05) is 0 Å². The summed E-state index contributed by atoms with van der Waals surface area (Å²) in [6.07, 6.45) is 2.23. The number of hydrogen-bond donors (Lipinski definition) is 0. The van der Waals surface area contributed by atoms with Gasteiger partial charge in [0.2, 0.25) is 5.91 Å². The molecule has 2 aliphatic rings. The van der Waals surface area contributed by atoms with Gasteiger partial charge in [0.05, 0.1) is 18.9 Å². The first-order valence-electron chi connectivity index (χ1n) is 3.95. The van der Waals surface area contributed by atoms with Crippen molar-refractivity contribution >= 4 is 23.6 Å². The Morgan fingerprint density at radius 2 is 2.54 bits per heavy atom. The number of amides is 1. The number of esters is 1. The van der Waals surface area contributed by atoms with Gasteiger partial charge in [-0.3, -0.25) is 4.79 Å². The average molecular weight is 199 g/mol. The maximum absolute atomic E-state index is 11.2. The number of rotatable bonds is 1. The van der Waals surface area contributed by atoms with Crippen molar-refractivity contribution in [3.8, 4) is 0 Å². The molecule has 0 aromatic carbocycles. The summed E-state index contributed by atoms with van der Waals surface area (Å²) >= 11 is 1.57. The van der Waals surface area contributed by atoms with Crippen molar-refractivity contribution in [2.45, 2.75) is 17.8 Å². The van der Waals surface area contributed by atoms with E-state index in [0.29, 0.717) is 6.42 Å². The maximum Gasteiger partial charge on any atom is 0.332 e. The summed E-state index contributed by atoms with van der Waals surface area (Å²) in [5, 5.41) is 2.00. The predicted octanol–water partition coefficient (Wildman–Crippen LogP) is 0.347. The maximum atomic E-state index is 11.2. The monoisotopic (exact) mass is 199 g/mol. The Hall–Kier alpha value is -0.970. The van der Waals surface area contributed by atoms with E-state index in [1.165, 1.54) is 7.11 Å². The highest BCUT2D eigenvalue weighted by molar-refractivity contribution is 8.02. The summed E-state index contributed by atoms with van der Waals surface area (Å²) in [6, 6.07) is -0.502. The fourth-order valence-electron chi connectivity index (χ4n) is 1.47. The number of methoxy groups -OCH3 is 1. The Morgan fingerprint density at radius 3 is 3.15 bits per heavy atom. The van der Waals surface area contributed by atoms with Gasteiger partial charge in [0, 0.05) is 0 Å². The van der Waals surface area contributed by atoms with Gasteiger partial charge >= 0.3 is 5.97 Å². The van der Waals surface area contributed by atoms with Crippen molar-refractivity contribution in [2.24, 2.45) is 0 Å². The standard InChI is InChI=1S/C8H9NO3S/c1-12-8(11)5-2-3-13-7-4-6(10)9(5)7/h2-3,5,7H,4H2,1H3/t5?,7-/m1/s1. The largest absolute Gasteiger partial charge is 0.467 e. The number of thioether (sulfide) groups is 1. The van der Waals surface area contributed by atoms with Crippen LogP contribution in [0.1, 0.15) is 6.42 Å². The Kier molecular flexibility index (Phi) is 2.03. The van der Waals surface area contributed by atoms with Crippen LogP contribution in [0.3, 0.4) is 0 Å². The van der Waals surface area contributed by atoms with Crippen molar-refractivity contribution in [1.82, 2.24) is 4.90 Å². The molecule has 0 aliphatic carbocycles. The second kappa shape index (κ2) is 3.06. The van der Waals surface area contributed by atoms with E-state index in [-0.39, 0.29) is 17.3 Å². The molecule has 0 aromatic heterocycles. The fraction of sp³-hybridized carbons (Fsp3) is 0.500. The first kappa shape index (κ1) is 8.62. The third kappa shape index (κ3) is 1.23. The van der Waals surface area contributed by atoms with E-state index in [9.17, 15) is 9.59 Å². The lowest BCUT2D eigenvalue weighted by Gasteiger charge is -2.44. The van der Waals surface area contributed by atoms with Gasteiger partial charge in [0.15, 0.2) is 0 Å². The smallest absolute Gasteiger partial charge is 0.332 e. The van der Waals surface area contributed by atoms with Gasteiger partial charge < -0.3 is 9.64 Å². The number of carbonyl (C=O) groups is 2. The highest BCUT2D eigenvalue weighted by atomic mass is 32.2. The molecule has 1 fully saturated rings. The topological polar surface area (TPSA) is 46.6 Å². The molecule has 4 nitrogen and oxygen atoms in total. The molecule has 1 unspecified atom stereocenters. The quantitative estimate of drug-likeness (QED) is 0.451. The predicted molar refractivity (Wildman–Crippen MR) is 47.8 cm³/mol. The van der Waals surface area contributed by atoms with E-state index < -0.39 is 6.04 Å². The lowest BCUT2D eigenvalue weighted by molar-refractivity contribution is -0.157. The number of nitrogens with zero attached hydrogens (tertiary/aromatic N) is 1. The summed E-state index contributed by atoms with van der Waals surface area (Å²) in [4.78, 5) is 24.0. The molecule has 0 spiro atoms. The molecule has 2 heterocycles. The van der Waals surface area contributed by atoms with E-state index in [0.717, 1.165) is 0 Å². The van der Waals surface area contributed by atoms with E-state index in [1.807, 2.05) is 5.41 Å². The zero-order valence-electron chi connectivity index (χ0n) is 7.10.